The van der Waals surface area contributed by atoms with E-state index in [1.54, 1.807) is 0 Å². The topological polar surface area (TPSA) is 26.3 Å². The molecule has 5 unspecified atom stereocenters. The molecule has 0 aromatic heterocycles. The molecule has 0 saturated heterocycles. The van der Waals surface area contributed by atoms with Gasteiger partial charge in [0.05, 0.1) is 5.41 Å². The van der Waals surface area contributed by atoms with E-state index < -0.39 is 5.41 Å². The Labute approximate surface area is 159 Å². The van der Waals surface area contributed by atoms with Crippen LogP contribution < -0.4 is 0 Å². The van der Waals surface area contributed by atoms with E-state index >= 15 is 0 Å². The van der Waals surface area contributed by atoms with Gasteiger partial charge in [-0.25, -0.2) is 0 Å². The lowest BCUT2D eigenvalue weighted by molar-refractivity contribution is -0.293. The number of esters is 1. The molecule has 7 saturated carbocycles. The van der Waals surface area contributed by atoms with Crippen molar-refractivity contribution < 1.29 is 9.53 Å². The monoisotopic (exact) mass is 358 g/mol. The van der Waals surface area contributed by atoms with Crippen molar-refractivity contribution in [2.75, 3.05) is 0 Å². The first kappa shape index (κ1) is 17.6. The van der Waals surface area contributed by atoms with Gasteiger partial charge in [0.2, 0.25) is 0 Å². The predicted molar refractivity (Wildman–Crippen MR) is 103 cm³/mol. The molecule has 7 rings (SSSR count). The predicted octanol–water partition coefficient (Wildman–Crippen LogP) is 5.70. The summed E-state index contributed by atoms with van der Waals surface area (Å²) in [6, 6.07) is 0. The molecule has 7 aliphatic carbocycles. The van der Waals surface area contributed by atoms with Crippen LogP contribution >= 0.6 is 0 Å². The average molecular weight is 359 g/mol. The van der Waals surface area contributed by atoms with Gasteiger partial charge in [0.15, 0.2) is 0 Å². The maximum absolute atomic E-state index is 13.4. The minimum atomic E-state index is -0.434. The summed E-state index contributed by atoms with van der Waals surface area (Å²) in [5.41, 5.74) is -0.672. The van der Waals surface area contributed by atoms with Crippen molar-refractivity contribution in [1.29, 1.82) is 0 Å². The Morgan fingerprint density at radius 3 is 1.96 bits per heavy atom. The highest BCUT2D eigenvalue weighted by Crippen LogP contribution is 2.74. The second kappa shape index (κ2) is 5.09. The maximum atomic E-state index is 13.4. The largest absolute Gasteiger partial charge is 0.458 e. The van der Waals surface area contributed by atoms with Gasteiger partial charge in [0, 0.05) is 5.92 Å². The van der Waals surface area contributed by atoms with Crippen LogP contribution in [0, 0.1) is 58.2 Å². The molecule has 0 radical (unpaired) electrons. The molecule has 0 N–H and O–H groups in total. The number of ether oxygens (including phenoxy) is 1. The molecule has 8 bridgehead atoms. The van der Waals surface area contributed by atoms with Crippen molar-refractivity contribution in [2.45, 2.75) is 85.7 Å². The quantitative estimate of drug-likeness (QED) is 0.603. The first-order valence-corrected chi connectivity index (χ1v) is 11.3. The van der Waals surface area contributed by atoms with E-state index in [0.717, 1.165) is 41.9 Å². The van der Waals surface area contributed by atoms with Crippen LogP contribution in [0.25, 0.3) is 0 Å². The minimum Gasteiger partial charge on any atom is -0.458 e. The van der Waals surface area contributed by atoms with E-state index in [4.69, 9.17) is 4.74 Å². The zero-order valence-electron chi connectivity index (χ0n) is 17.7. The summed E-state index contributed by atoms with van der Waals surface area (Å²) in [4.78, 5) is 13.4. The van der Waals surface area contributed by atoms with Gasteiger partial charge < -0.3 is 4.74 Å². The van der Waals surface area contributed by atoms with Gasteiger partial charge in [0.1, 0.15) is 5.60 Å². The molecule has 0 amide bonds. The second-order valence-electron chi connectivity index (χ2n) is 12.0. The van der Waals surface area contributed by atoms with Crippen molar-refractivity contribution in [1.82, 2.24) is 0 Å². The summed E-state index contributed by atoms with van der Waals surface area (Å²) in [6.07, 6.45) is 8.05. The standard InChI is InChI=1S/C24H38O2/c1-7-22(2,3)23(4,5)21(25)26-24(6)14-11-16-15-8-13-9-18(16)20(24)19(10-13)17(15)12-14/h13-20H,7-12H2,1-6H3. The average Bonchev–Trinajstić information content (AvgIpc) is 2.59. The fraction of sp³-hybridized carbons (Fsp3) is 0.958. The van der Waals surface area contributed by atoms with E-state index in [0.29, 0.717) is 11.8 Å². The summed E-state index contributed by atoms with van der Waals surface area (Å²) in [5, 5.41) is 0. The number of carbonyl (C=O) groups is 1. The lowest BCUT2D eigenvalue weighted by Crippen LogP contribution is -2.72. The molecule has 0 heterocycles. The molecular formula is C24H38O2. The Morgan fingerprint density at radius 2 is 1.42 bits per heavy atom. The smallest absolute Gasteiger partial charge is 0.312 e. The van der Waals surface area contributed by atoms with Crippen molar-refractivity contribution >= 4 is 5.97 Å². The second-order valence-corrected chi connectivity index (χ2v) is 12.0. The lowest BCUT2D eigenvalue weighted by atomic mass is 9.33. The third-order valence-corrected chi connectivity index (χ3v) is 10.9. The van der Waals surface area contributed by atoms with E-state index in [1.807, 2.05) is 0 Å². The number of hydrogen-bond acceptors (Lipinski definition) is 2. The summed E-state index contributed by atoms with van der Waals surface area (Å²) in [7, 11) is 0. The maximum Gasteiger partial charge on any atom is 0.312 e. The zero-order chi connectivity index (χ0) is 18.6. The van der Waals surface area contributed by atoms with Crippen LogP contribution in [0.1, 0.15) is 80.1 Å². The fourth-order valence-corrected chi connectivity index (χ4v) is 8.48. The van der Waals surface area contributed by atoms with E-state index in [-0.39, 0.29) is 17.0 Å². The molecule has 2 nitrogen and oxygen atoms in total. The van der Waals surface area contributed by atoms with E-state index in [2.05, 4.69) is 41.5 Å². The highest BCUT2D eigenvalue weighted by molar-refractivity contribution is 5.77. The SMILES string of the molecule is CCC(C)(C)C(C)(C)C(=O)OC1(C)C2CC3C4CC5CC3C1C(C5)C4C2. The van der Waals surface area contributed by atoms with Gasteiger partial charge in [-0.3, -0.25) is 4.79 Å². The van der Waals surface area contributed by atoms with Crippen LogP contribution in [0.2, 0.25) is 0 Å². The molecule has 0 aromatic rings. The molecule has 26 heavy (non-hydrogen) atoms. The molecule has 7 fully saturated rings. The molecule has 2 heteroatoms. The zero-order valence-corrected chi connectivity index (χ0v) is 17.7. The fourth-order valence-electron chi connectivity index (χ4n) is 8.48. The van der Waals surface area contributed by atoms with E-state index in [1.165, 1.54) is 32.1 Å². The number of hydrogen-bond donors (Lipinski definition) is 0. The Morgan fingerprint density at radius 1 is 0.923 bits per heavy atom. The van der Waals surface area contributed by atoms with Crippen LogP contribution in [-0.2, 0) is 9.53 Å². The third kappa shape index (κ3) is 1.92. The van der Waals surface area contributed by atoms with Crippen molar-refractivity contribution in [2.24, 2.45) is 58.2 Å². The Balaban J connectivity index is 1.46. The van der Waals surface area contributed by atoms with Crippen LogP contribution in [-0.4, -0.2) is 11.6 Å². The van der Waals surface area contributed by atoms with Crippen LogP contribution in [0.4, 0.5) is 0 Å². The summed E-state index contributed by atoms with van der Waals surface area (Å²) in [5.74, 6) is 6.97. The van der Waals surface area contributed by atoms with Crippen molar-refractivity contribution in [3.63, 3.8) is 0 Å². The molecule has 0 spiro atoms. The van der Waals surface area contributed by atoms with Crippen LogP contribution in [0.3, 0.4) is 0 Å². The normalized spacial score (nSPS) is 51.2. The Bertz CT molecular complexity index is 610. The Kier molecular flexibility index (Phi) is 3.44. The van der Waals surface area contributed by atoms with Gasteiger partial charge in [-0.1, -0.05) is 20.8 Å². The molecular weight excluding hydrogens is 320 g/mol. The molecule has 146 valence electrons. The number of rotatable bonds is 4. The van der Waals surface area contributed by atoms with Gasteiger partial charge >= 0.3 is 5.97 Å². The summed E-state index contributed by atoms with van der Waals surface area (Å²) >= 11 is 0. The summed E-state index contributed by atoms with van der Waals surface area (Å²) in [6.45, 7) is 13.2. The minimum absolute atomic E-state index is 0.0378. The highest BCUT2D eigenvalue weighted by atomic mass is 16.6. The molecule has 7 aliphatic rings. The molecule has 5 atom stereocenters. The first-order valence-electron chi connectivity index (χ1n) is 11.3. The first-order chi connectivity index (χ1) is 12.1. The van der Waals surface area contributed by atoms with Gasteiger partial charge in [-0.15, -0.1) is 0 Å². The van der Waals surface area contributed by atoms with Crippen LogP contribution in [0.5, 0.6) is 0 Å². The van der Waals surface area contributed by atoms with Crippen LogP contribution in [0.15, 0.2) is 0 Å². The highest BCUT2D eigenvalue weighted by Gasteiger charge is 2.71. The van der Waals surface area contributed by atoms with Gasteiger partial charge in [-0.05, 0) is 106 Å². The van der Waals surface area contributed by atoms with Crippen molar-refractivity contribution in [3.05, 3.63) is 0 Å². The van der Waals surface area contributed by atoms with Gasteiger partial charge in [0.25, 0.3) is 0 Å². The van der Waals surface area contributed by atoms with E-state index in [9.17, 15) is 4.79 Å². The lowest BCUT2D eigenvalue weighted by Gasteiger charge is -2.74. The Hall–Kier alpha value is -0.530. The van der Waals surface area contributed by atoms with Crippen molar-refractivity contribution in [3.8, 4) is 0 Å². The van der Waals surface area contributed by atoms with Gasteiger partial charge in [-0.2, -0.15) is 0 Å². The molecule has 0 aromatic carbocycles. The molecule has 0 aliphatic heterocycles. The number of carbonyl (C=O) groups excluding carboxylic acids is 1. The third-order valence-electron chi connectivity index (χ3n) is 10.9. The summed E-state index contributed by atoms with van der Waals surface area (Å²) < 4.78 is 6.62.